The van der Waals surface area contributed by atoms with Crippen LogP contribution in [-0.2, 0) is 9.59 Å². The van der Waals surface area contributed by atoms with Crippen LogP contribution in [0.2, 0.25) is 5.02 Å². The molecule has 3 aromatic carbocycles. The highest BCUT2D eigenvalue weighted by Gasteiger charge is 2.60. The van der Waals surface area contributed by atoms with Crippen LogP contribution in [0.3, 0.4) is 0 Å². The standard InChI is InChI=1S/C25H19BrClN3O3/c1-14-7-2-3-10-17(14)21-20-22(30(28-21)23(31)15-8-6-9-16(26)13-15)25(33)29(24(20)32)19-12-5-4-11-18(19)27/h2-13,20-22,28H,1H3/t20-,21+,22-/m1/s1. The number of halogens is 2. The van der Waals surface area contributed by atoms with Gasteiger partial charge in [0.2, 0.25) is 5.91 Å². The summed E-state index contributed by atoms with van der Waals surface area (Å²) in [7, 11) is 0. The van der Waals surface area contributed by atoms with Crippen molar-refractivity contribution >= 4 is 50.9 Å². The second kappa shape index (κ2) is 8.41. The lowest BCUT2D eigenvalue weighted by Crippen LogP contribution is -2.48. The van der Waals surface area contributed by atoms with Crippen LogP contribution in [0.25, 0.3) is 0 Å². The average Bonchev–Trinajstić information content (AvgIpc) is 3.31. The van der Waals surface area contributed by atoms with Gasteiger partial charge in [-0.25, -0.2) is 10.3 Å². The summed E-state index contributed by atoms with van der Waals surface area (Å²) in [6.45, 7) is 1.94. The maximum atomic E-state index is 13.7. The second-order valence-electron chi connectivity index (χ2n) is 8.08. The number of amides is 3. The molecule has 0 bridgehead atoms. The topological polar surface area (TPSA) is 69.7 Å². The van der Waals surface area contributed by atoms with Gasteiger partial charge in [0.25, 0.3) is 11.8 Å². The molecule has 0 saturated carbocycles. The number of imide groups is 1. The molecule has 0 unspecified atom stereocenters. The van der Waals surface area contributed by atoms with Gasteiger partial charge in [-0.15, -0.1) is 0 Å². The van der Waals surface area contributed by atoms with Crippen molar-refractivity contribution in [3.8, 4) is 0 Å². The van der Waals surface area contributed by atoms with Gasteiger partial charge in [-0.2, -0.15) is 0 Å². The van der Waals surface area contributed by atoms with Crippen LogP contribution in [0.1, 0.15) is 27.5 Å². The molecule has 0 radical (unpaired) electrons. The van der Waals surface area contributed by atoms with Crippen molar-refractivity contribution in [2.24, 2.45) is 5.92 Å². The molecule has 2 fully saturated rings. The van der Waals surface area contributed by atoms with Crippen molar-refractivity contribution in [3.63, 3.8) is 0 Å². The number of hydrogen-bond acceptors (Lipinski definition) is 4. The van der Waals surface area contributed by atoms with Crippen LogP contribution in [0.4, 0.5) is 5.69 Å². The Morgan fingerprint density at radius 3 is 2.42 bits per heavy atom. The highest BCUT2D eigenvalue weighted by atomic mass is 79.9. The molecule has 3 aromatic rings. The lowest BCUT2D eigenvalue weighted by Gasteiger charge is -2.26. The fraction of sp³-hybridized carbons (Fsp3) is 0.160. The Labute approximate surface area is 204 Å². The molecule has 3 amide bonds. The first kappa shape index (κ1) is 21.8. The minimum absolute atomic E-state index is 0.296. The van der Waals surface area contributed by atoms with E-state index < -0.39 is 23.9 Å². The SMILES string of the molecule is Cc1ccccc1[C@@H]1NN(C(=O)c2cccc(Br)c2)[C@H]2C(=O)N(c3ccccc3Cl)C(=O)[C@H]12. The van der Waals surface area contributed by atoms with Crippen molar-refractivity contribution in [3.05, 3.63) is 99.0 Å². The summed E-state index contributed by atoms with van der Waals surface area (Å²) in [6.07, 6.45) is 0. The molecule has 1 N–H and O–H groups in total. The number of benzene rings is 3. The number of fused-ring (bicyclic) bond motifs is 1. The highest BCUT2D eigenvalue weighted by molar-refractivity contribution is 9.10. The summed E-state index contributed by atoms with van der Waals surface area (Å²) >= 11 is 9.72. The minimum atomic E-state index is -0.995. The third-order valence-electron chi connectivity index (χ3n) is 6.14. The third-order valence-corrected chi connectivity index (χ3v) is 6.95. The summed E-state index contributed by atoms with van der Waals surface area (Å²) in [5.41, 5.74) is 5.72. The maximum Gasteiger partial charge on any atom is 0.268 e. The van der Waals surface area contributed by atoms with Gasteiger partial charge < -0.3 is 0 Å². The third kappa shape index (κ3) is 3.57. The first-order chi connectivity index (χ1) is 15.9. The van der Waals surface area contributed by atoms with Crippen LogP contribution >= 0.6 is 27.5 Å². The zero-order valence-electron chi connectivity index (χ0n) is 17.5. The molecular formula is C25H19BrClN3O3. The maximum absolute atomic E-state index is 13.7. The van der Waals surface area contributed by atoms with Gasteiger partial charge in [-0.05, 0) is 48.4 Å². The van der Waals surface area contributed by atoms with Crippen LogP contribution in [0.5, 0.6) is 0 Å². The Bertz CT molecular complexity index is 1300. The number of carbonyl (C=O) groups is 3. The first-order valence-electron chi connectivity index (χ1n) is 10.4. The molecule has 0 aromatic heterocycles. The van der Waals surface area contributed by atoms with Crippen molar-refractivity contribution in [2.45, 2.75) is 19.0 Å². The van der Waals surface area contributed by atoms with Gasteiger partial charge >= 0.3 is 0 Å². The van der Waals surface area contributed by atoms with E-state index in [4.69, 9.17) is 11.6 Å². The monoisotopic (exact) mass is 523 g/mol. The van der Waals surface area contributed by atoms with E-state index in [-0.39, 0.29) is 11.8 Å². The molecule has 6 nitrogen and oxygen atoms in total. The van der Waals surface area contributed by atoms with Gasteiger partial charge in [-0.3, -0.25) is 19.4 Å². The normalized spacial score (nSPS) is 22.1. The number of hydrazine groups is 1. The van der Waals surface area contributed by atoms with Gasteiger partial charge in [0.15, 0.2) is 0 Å². The lowest BCUT2D eigenvalue weighted by molar-refractivity contribution is -0.123. The van der Waals surface area contributed by atoms with Crippen LogP contribution in [0.15, 0.2) is 77.3 Å². The summed E-state index contributed by atoms with van der Waals surface area (Å²) in [4.78, 5) is 41.9. The number of hydrogen-bond donors (Lipinski definition) is 1. The molecule has 0 aliphatic carbocycles. The molecule has 2 heterocycles. The number of carbonyl (C=O) groups excluding carboxylic acids is 3. The Balaban J connectivity index is 1.62. The zero-order valence-corrected chi connectivity index (χ0v) is 19.9. The number of aryl methyl sites for hydroxylation is 1. The first-order valence-corrected chi connectivity index (χ1v) is 11.6. The molecule has 33 heavy (non-hydrogen) atoms. The van der Waals surface area contributed by atoms with Gasteiger partial charge in [0.1, 0.15) is 6.04 Å². The Morgan fingerprint density at radius 1 is 0.970 bits per heavy atom. The van der Waals surface area contributed by atoms with E-state index in [2.05, 4.69) is 21.4 Å². The highest BCUT2D eigenvalue weighted by Crippen LogP contribution is 2.44. The van der Waals surface area contributed by atoms with Crippen molar-refractivity contribution < 1.29 is 14.4 Å². The molecule has 8 heteroatoms. The molecule has 0 spiro atoms. The largest absolute Gasteiger partial charge is 0.274 e. The number of rotatable bonds is 3. The summed E-state index contributed by atoms with van der Waals surface area (Å²) in [5.74, 6) is -2.04. The van der Waals surface area contributed by atoms with E-state index in [0.717, 1.165) is 20.5 Å². The lowest BCUT2D eigenvalue weighted by atomic mass is 9.88. The summed E-state index contributed by atoms with van der Waals surface area (Å²) in [5, 5.41) is 1.60. The Morgan fingerprint density at radius 2 is 1.70 bits per heavy atom. The second-order valence-corrected chi connectivity index (χ2v) is 9.41. The average molecular weight is 525 g/mol. The Hall–Kier alpha value is -3.00. The summed E-state index contributed by atoms with van der Waals surface area (Å²) < 4.78 is 0.742. The molecular weight excluding hydrogens is 506 g/mol. The van der Waals surface area contributed by atoms with Gasteiger partial charge in [-0.1, -0.05) is 70.0 Å². The molecule has 3 atom stereocenters. The smallest absolute Gasteiger partial charge is 0.268 e. The van der Waals surface area contributed by atoms with E-state index in [9.17, 15) is 14.4 Å². The van der Waals surface area contributed by atoms with Crippen molar-refractivity contribution in [2.75, 3.05) is 4.90 Å². The summed E-state index contributed by atoms with van der Waals surface area (Å²) in [6, 6.07) is 19.8. The molecule has 2 aliphatic heterocycles. The van der Waals surface area contributed by atoms with E-state index in [1.165, 1.54) is 5.01 Å². The fourth-order valence-electron chi connectivity index (χ4n) is 4.60. The number of nitrogens with one attached hydrogen (secondary N) is 1. The quantitative estimate of drug-likeness (QED) is 0.506. The molecule has 166 valence electrons. The van der Waals surface area contributed by atoms with Crippen LogP contribution in [0, 0.1) is 12.8 Å². The predicted octanol–water partition coefficient (Wildman–Crippen LogP) is 4.67. The van der Waals surface area contributed by atoms with E-state index in [0.29, 0.717) is 16.3 Å². The van der Waals surface area contributed by atoms with Gasteiger partial charge in [0, 0.05) is 10.0 Å². The Kier molecular flexibility index (Phi) is 5.56. The molecule has 2 aliphatic rings. The van der Waals surface area contributed by atoms with Crippen LogP contribution < -0.4 is 10.3 Å². The predicted molar refractivity (Wildman–Crippen MR) is 129 cm³/mol. The fourth-order valence-corrected chi connectivity index (χ4v) is 5.22. The van der Waals surface area contributed by atoms with E-state index >= 15 is 0 Å². The van der Waals surface area contributed by atoms with E-state index in [1.54, 1.807) is 42.5 Å². The molecule has 5 rings (SSSR count). The van der Waals surface area contributed by atoms with Crippen molar-refractivity contribution in [1.29, 1.82) is 0 Å². The number of para-hydroxylation sites is 1. The van der Waals surface area contributed by atoms with Crippen LogP contribution in [-0.4, -0.2) is 28.8 Å². The molecule has 2 saturated heterocycles. The number of anilines is 1. The minimum Gasteiger partial charge on any atom is -0.274 e. The van der Waals surface area contributed by atoms with Crippen molar-refractivity contribution in [1.82, 2.24) is 10.4 Å². The number of nitrogens with zero attached hydrogens (tertiary/aromatic N) is 2. The van der Waals surface area contributed by atoms with Gasteiger partial charge in [0.05, 0.1) is 22.7 Å². The zero-order chi connectivity index (χ0) is 23.3. The van der Waals surface area contributed by atoms with E-state index in [1.807, 2.05) is 37.3 Å².